The number of aromatic nitrogens is 6. The molecule has 0 aliphatic rings. The van der Waals surface area contributed by atoms with Gasteiger partial charge in [0.25, 0.3) is 0 Å². The molecule has 0 saturated carbocycles. The van der Waals surface area contributed by atoms with Gasteiger partial charge in [0.2, 0.25) is 5.91 Å². The van der Waals surface area contributed by atoms with Crippen LogP contribution >= 0.6 is 11.8 Å². The maximum atomic E-state index is 12.2. The molecule has 31 heavy (non-hydrogen) atoms. The van der Waals surface area contributed by atoms with E-state index in [1.165, 1.54) is 11.8 Å². The van der Waals surface area contributed by atoms with Gasteiger partial charge in [-0.25, -0.2) is 9.97 Å². The van der Waals surface area contributed by atoms with Crippen LogP contribution in [0, 0.1) is 13.8 Å². The summed E-state index contributed by atoms with van der Waals surface area (Å²) >= 11 is 1.38. The van der Waals surface area contributed by atoms with Crippen molar-refractivity contribution < 1.29 is 4.79 Å². The Balaban J connectivity index is 1.59. The third kappa shape index (κ3) is 4.87. The van der Waals surface area contributed by atoms with Crippen molar-refractivity contribution in [1.82, 2.24) is 34.7 Å². The van der Waals surface area contributed by atoms with Crippen molar-refractivity contribution in [3.63, 3.8) is 0 Å². The van der Waals surface area contributed by atoms with Gasteiger partial charge in [-0.1, -0.05) is 37.2 Å². The Hall–Kier alpha value is -2.94. The van der Waals surface area contributed by atoms with E-state index < -0.39 is 0 Å². The molecule has 0 saturated heterocycles. The van der Waals surface area contributed by atoms with Gasteiger partial charge in [0.05, 0.1) is 17.0 Å². The fourth-order valence-electron chi connectivity index (χ4n) is 3.47. The molecule has 162 valence electrons. The molecule has 3 aromatic heterocycles. The van der Waals surface area contributed by atoms with Gasteiger partial charge in [-0.15, -0.1) is 5.10 Å². The summed E-state index contributed by atoms with van der Waals surface area (Å²) in [6.45, 7) is 7.56. The van der Waals surface area contributed by atoms with Crippen molar-refractivity contribution in [3.05, 3.63) is 47.5 Å². The van der Waals surface area contributed by atoms with Gasteiger partial charge in [-0.05, 0) is 38.5 Å². The van der Waals surface area contributed by atoms with E-state index in [1.807, 2.05) is 35.9 Å². The summed E-state index contributed by atoms with van der Waals surface area (Å²) in [7, 11) is 0. The highest BCUT2D eigenvalue weighted by molar-refractivity contribution is 7.99. The lowest BCUT2D eigenvalue weighted by molar-refractivity contribution is -0.118. The first-order valence-electron chi connectivity index (χ1n) is 10.6. The number of benzene rings is 1. The number of amides is 1. The number of unbranched alkanes of at least 4 members (excludes halogenated alkanes) is 1. The van der Waals surface area contributed by atoms with Crippen LogP contribution in [0.15, 0.2) is 35.5 Å². The molecule has 0 bridgehead atoms. The quantitative estimate of drug-likeness (QED) is 0.245. The highest BCUT2D eigenvalue weighted by Crippen LogP contribution is 2.24. The summed E-state index contributed by atoms with van der Waals surface area (Å²) in [5.74, 6) is 1.04. The second kappa shape index (κ2) is 9.47. The summed E-state index contributed by atoms with van der Waals surface area (Å²) in [6, 6.07) is 9.96. The Morgan fingerprint density at radius 2 is 2.00 bits per heavy atom. The van der Waals surface area contributed by atoms with Gasteiger partial charge in [0.1, 0.15) is 0 Å². The van der Waals surface area contributed by atoms with Crippen LogP contribution in [-0.2, 0) is 17.8 Å². The first-order chi connectivity index (χ1) is 15.0. The molecule has 1 N–H and O–H groups in total. The van der Waals surface area contributed by atoms with E-state index in [0.717, 1.165) is 46.6 Å². The zero-order valence-electron chi connectivity index (χ0n) is 18.1. The highest BCUT2D eigenvalue weighted by atomic mass is 32.2. The molecule has 0 fully saturated rings. The Morgan fingerprint density at radius 3 is 2.77 bits per heavy atom. The molecule has 9 heteroatoms. The number of nitrogens with zero attached hydrogens (tertiary/aromatic N) is 6. The number of carbonyl (C=O) groups is 1. The second-order valence-corrected chi connectivity index (χ2v) is 8.51. The predicted octanol–water partition coefficient (Wildman–Crippen LogP) is 3.34. The van der Waals surface area contributed by atoms with E-state index in [9.17, 15) is 4.79 Å². The lowest BCUT2D eigenvalue weighted by atomic mass is 10.2. The van der Waals surface area contributed by atoms with Gasteiger partial charge >= 0.3 is 0 Å². The van der Waals surface area contributed by atoms with Gasteiger partial charge in [-0.3, -0.25) is 9.48 Å². The average Bonchev–Trinajstić information content (AvgIpc) is 3.33. The molecule has 0 spiro atoms. The fourth-order valence-corrected chi connectivity index (χ4v) is 4.24. The Kier molecular flexibility index (Phi) is 6.50. The van der Waals surface area contributed by atoms with Crippen molar-refractivity contribution in [2.24, 2.45) is 0 Å². The molecule has 0 radical (unpaired) electrons. The van der Waals surface area contributed by atoms with Crippen LogP contribution in [0.2, 0.25) is 0 Å². The molecule has 3 heterocycles. The standard InChI is InChI=1S/C22H27N7OS/c1-4-5-11-23-20(30)14-31-22-24-18-9-7-6-8-17(18)21-25-19(27-29(21)22)10-12-28-16(3)13-15(2)26-28/h6-9,13H,4-5,10-12,14H2,1-3H3,(H,23,30). The number of rotatable bonds is 9. The largest absolute Gasteiger partial charge is 0.355 e. The number of aryl methyl sites for hydroxylation is 4. The van der Waals surface area contributed by atoms with Crippen LogP contribution in [0.4, 0.5) is 0 Å². The number of hydrogen-bond acceptors (Lipinski definition) is 6. The maximum Gasteiger partial charge on any atom is 0.230 e. The second-order valence-electron chi connectivity index (χ2n) is 7.57. The van der Waals surface area contributed by atoms with Crippen LogP contribution in [-0.4, -0.2) is 47.6 Å². The lowest BCUT2D eigenvalue weighted by Gasteiger charge is -2.07. The van der Waals surface area contributed by atoms with Crippen LogP contribution in [0.3, 0.4) is 0 Å². The molecule has 0 atom stereocenters. The first-order valence-corrected chi connectivity index (χ1v) is 11.6. The highest BCUT2D eigenvalue weighted by Gasteiger charge is 2.15. The van der Waals surface area contributed by atoms with Gasteiger partial charge < -0.3 is 5.32 Å². The normalized spacial score (nSPS) is 11.5. The minimum atomic E-state index is 0.00595. The van der Waals surface area contributed by atoms with E-state index in [4.69, 9.17) is 15.1 Å². The topological polar surface area (TPSA) is 90.0 Å². The van der Waals surface area contributed by atoms with Gasteiger partial charge in [0, 0.05) is 30.6 Å². The van der Waals surface area contributed by atoms with E-state index in [1.54, 1.807) is 4.52 Å². The van der Waals surface area contributed by atoms with E-state index >= 15 is 0 Å². The maximum absolute atomic E-state index is 12.2. The molecule has 1 aromatic carbocycles. The number of thioether (sulfide) groups is 1. The summed E-state index contributed by atoms with van der Waals surface area (Å²) < 4.78 is 3.75. The minimum absolute atomic E-state index is 0.00595. The summed E-state index contributed by atoms with van der Waals surface area (Å²) in [5.41, 5.74) is 3.74. The van der Waals surface area contributed by atoms with E-state index in [2.05, 4.69) is 30.3 Å². The molecule has 0 aliphatic carbocycles. The SMILES string of the molecule is CCCCNC(=O)CSc1nc2ccccc2c2nc(CCn3nc(C)cc3C)nn12. The van der Waals surface area contributed by atoms with Crippen molar-refractivity contribution >= 4 is 34.2 Å². The number of hydrogen-bond donors (Lipinski definition) is 1. The first kappa shape index (κ1) is 21.3. The Bertz CT molecular complexity index is 1210. The van der Waals surface area contributed by atoms with Crippen molar-refractivity contribution in [3.8, 4) is 0 Å². The van der Waals surface area contributed by atoms with Gasteiger partial charge in [-0.2, -0.15) is 9.61 Å². The predicted molar refractivity (Wildman–Crippen MR) is 122 cm³/mol. The minimum Gasteiger partial charge on any atom is -0.355 e. The fraction of sp³-hybridized carbons (Fsp3) is 0.409. The molecule has 0 unspecified atom stereocenters. The molecular formula is C22H27N7OS. The van der Waals surface area contributed by atoms with E-state index in [-0.39, 0.29) is 5.91 Å². The monoisotopic (exact) mass is 437 g/mol. The molecule has 4 aromatic rings. The molecule has 4 rings (SSSR count). The summed E-state index contributed by atoms with van der Waals surface area (Å²) in [5, 5.41) is 13.8. The molecule has 0 aliphatic heterocycles. The van der Waals surface area contributed by atoms with Crippen LogP contribution in [0.5, 0.6) is 0 Å². The zero-order valence-corrected chi connectivity index (χ0v) is 18.9. The van der Waals surface area contributed by atoms with Crippen LogP contribution < -0.4 is 5.32 Å². The third-order valence-corrected chi connectivity index (χ3v) is 5.96. The summed E-state index contributed by atoms with van der Waals surface area (Å²) in [4.78, 5) is 21.7. The number of nitrogens with one attached hydrogen (secondary N) is 1. The Labute approximate surface area is 185 Å². The molecular weight excluding hydrogens is 410 g/mol. The third-order valence-electron chi connectivity index (χ3n) is 5.03. The van der Waals surface area contributed by atoms with Crippen molar-refractivity contribution in [2.45, 2.75) is 51.7 Å². The number of fused-ring (bicyclic) bond motifs is 3. The molecule has 8 nitrogen and oxygen atoms in total. The summed E-state index contributed by atoms with van der Waals surface area (Å²) in [6.07, 6.45) is 2.70. The molecule has 1 amide bonds. The zero-order chi connectivity index (χ0) is 21.8. The van der Waals surface area contributed by atoms with Crippen LogP contribution in [0.1, 0.15) is 37.0 Å². The smallest absolute Gasteiger partial charge is 0.230 e. The lowest BCUT2D eigenvalue weighted by Crippen LogP contribution is -2.26. The average molecular weight is 438 g/mol. The number of para-hydroxylation sites is 1. The van der Waals surface area contributed by atoms with Crippen molar-refractivity contribution in [1.29, 1.82) is 0 Å². The Morgan fingerprint density at radius 1 is 1.16 bits per heavy atom. The van der Waals surface area contributed by atoms with Crippen LogP contribution in [0.25, 0.3) is 16.6 Å². The van der Waals surface area contributed by atoms with Gasteiger partial charge in [0.15, 0.2) is 16.6 Å². The van der Waals surface area contributed by atoms with E-state index in [0.29, 0.717) is 30.4 Å². The van der Waals surface area contributed by atoms with Crippen molar-refractivity contribution in [2.75, 3.05) is 12.3 Å². The number of carbonyl (C=O) groups excluding carboxylic acids is 1.